The summed E-state index contributed by atoms with van der Waals surface area (Å²) < 4.78 is 5.08. The molecule has 1 aliphatic rings. The Labute approximate surface area is 95.8 Å². The lowest BCUT2D eigenvalue weighted by atomic mass is 10.2. The first-order valence-electron chi connectivity index (χ1n) is 5.23. The Bertz CT molecular complexity index is 256. The lowest BCUT2D eigenvalue weighted by molar-refractivity contribution is -0.148. The van der Waals surface area contributed by atoms with Crippen molar-refractivity contribution >= 4 is 23.2 Å². The predicted molar refractivity (Wildman–Crippen MR) is 62.6 cm³/mol. The number of thiocarbonyl (C=S) groups is 1. The van der Waals surface area contributed by atoms with E-state index in [2.05, 4.69) is 0 Å². The lowest BCUT2D eigenvalue weighted by Crippen LogP contribution is -2.42. The van der Waals surface area contributed by atoms with Crippen LogP contribution in [0, 0.1) is 0 Å². The Balaban J connectivity index is 2.43. The van der Waals surface area contributed by atoms with Crippen LogP contribution in [0.5, 0.6) is 0 Å². The summed E-state index contributed by atoms with van der Waals surface area (Å²) in [6.45, 7) is 4.84. The minimum absolute atomic E-state index is 0.0663. The van der Waals surface area contributed by atoms with E-state index in [1.165, 1.54) is 0 Å². The molecule has 1 heterocycles. The zero-order valence-electron chi connectivity index (χ0n) is 9.23. The highest BCUT2D eigenvalue weighted by atomic mass is 32.1. The molecule has 0 aromatic heterocycles. The normalized spacial score (nSPS) is 21.9. The molecule has 15 heavy (non-hydrogen) atoms. The molecule has 1 saturated heterocycles. The number of esters is 1. The van der Waals surface area contributed by atoms with Gasteiger partial charge in [-0.15, -0.1) is 0 Å². The van der Waals surface area contributed by atoms with Gasteiger partial charge in [-0.1, -0.05) is 12.2 Å². The molecular weight excluding hydrogens is 212 g/mol. The summed E-state index contributed by atoms with van der Waals surface area (Å²) in [6.07, 6.45) is 1.92. The van der Waals surface area contributed by atoms with Crippen molar-refractivity contribution in [3.63, 3.8) is 0 Å². The van der Waals surface area contributed by atoms with Crippen LogP contribution in [0.25, 0.3) is 0 Å². The van der Waals surface area contributed by atoms with E-state index in [1.54, 1.807) is 0 Å². The van der Waals surface area contributed by atoms with Crippen molar-refractivity contribution in [3.8, 4) is 0 Å². The van der Waals surface area contributed by atoms with Gasteiger partial charge < -0.3 is 10.5 Å². The van der Waals surface area contributed by atoms with Gasteiger partial charge >= 0.3 is 5.97 Å². The number of nitrogens with two attached hydrogens (primary N) is 1. The van der Waals surface area contributed by atoms with Crippen LogP contribution in [0.15, 0.2) is 0 Å². The van der Waals surface area contributed by atoms with Gasteiger partial charge in [-0.2, -0.15) is 0 Å². The van der Waals surface area contributed by atoms with Gasteiger partial charge in [0.2, 0.25) is 0 Å². The van der Waals surface area contributed by atoms with E-state index in [1.807, 2.05) is 18.7 Å². The fraction of sp³-hybridized carbons (Fsp3) is 0.800. The lowest BCUT2D eigenvalue weighted by Gasteiger charge is -2.22. The third-order valence-electron chi connectivity index (χ3n) is 2.39. The zero-order chi connectivity index (χ0) is 11.4. The van der Waals surface area contributed by atoms with Crippen LogP contribution in [0.3, 0.4) is 0 Å². The summed E-state index contributed by atoms with van der Waals surface area (Å²) in [7, 11) is 0. The molecule has 1 atom stereocenters. The monoisotopic (exact) mass is 230 g/mol. The fourth-order valence-electron chi connectivity index (χ4n) is 1.80. The van der Waals surface area contributed by atoms with Crippen LogP contribution >= 0.6 is 12.2 Å². The topological polar surface area (TPSA) is 55.6 Å². The van der Waals surface area contributed by atoms with Gasteiger partial charge in [0.15, 0.2) is 0 Å². The molecule has 0 radical (unpaired) electrons. The molecule has 1 rings (SSSR count). The average molecular weight is 230 g/mol. The summed E-state index contributed by atoms with van der Waals surface area (Å²) in [5.74, 6) is -0.201. The highest BCUT2D eigenvalue weighted by Gasteiger charge is 2.28. The van der Waals surface area contributed by atoms with Crippen LogP contribution < -0.4 is 5.73 Å². The van der Waals surface area contributed by atoms with Crippen LogP contribution in [0.2, 0.25) is 0 Å². The molecule has 2 N–H and O–H groups in total. The Hall–Kier alpha value is -0.680. The molecule has 1 aliphatic heterocycles. The number of nitrogens with zero attached hydrogens (tertiary/aromatic N) is 1. The Morgan fingerprint density at radius 3 is 2.87 bits per heavy atom. The number of rotatable bonds is 4. The fourth-order valence-corrected chi connectivity index (χ4v) is 2.07. The van der Waals surface area contributed by atoms with Gasteiger partial charge in [-0.3, -0.25) is 9.69 Å². The van der Waals surface area contributed by atoms with Gasteiger partial charge in [0.1, 0.15) is 0 Å². The molecule has 0 aromatic carbocycles. The van der Waals surface area contributed by atoms with Crippen molar-refractivity contribution in [2.24, 2.45) is 5.73 Å². The van der Waals surface area contributed by atoms with Gasteiger partial charge in [-0.05, 0) is 33.2 Å². The van der Waals surface area contributed by atoms with Crippen LogP contribution in [0.4, 0.5) is 0 Å². The first-order chi connectivity index (χ1) is 7.00. The molecule has 4 nitrogen and oxygen atoms in total. The van der Waals surface area contributed by atoms with E-state index < -0.39 is 0 Å². The van der Waals surface area contributed by atoms with E-state index in [4.69, 9.17) is 22.7 Å². The van der Waals surface area contributed by atoms with Gasteiger partial charge in [0.05, 0.1) is 23.7 Å². The number of carbonyl (C=O) groups is 1. The van der Waals surface area contributed by atoms with Crippen LogP contribution in [0.1, 0.15) is 26.7 Å². The number of carbonyl (C=O) groups excluding carboxylic acids is 1. The molecule has 1 unspecified atom stereocenters. The maximum Gasteiger partial charge on any atom is 0.320 e. The van der Waals surface area contributed by atoms with Crippen LogP contribution in [-0.2, 0) is 9.53 Å². The highest BCUT2D eigenvalue weighted by Crippen LogP contribution is 2.17. The largest absolute Gasteiger partial charge is 0.462 e. The second kappa shape index (κ2) is 5.42. The summed E-state index contributed by atoms with van der Waals surface area (Å²) in [5, 5.41) is 0. The standard InChI is InChI=1S/C10H18N2O2S/c1-7(2)14-9(13)6-12-5-3-4-8(12)10(11)15/h7-8H,3-6H2,1-2H3,(H2,11,15). The Morgan fingerprint density at radius 1 is 1.67 bits per heavy atom. The minimum atomic E-state index is -0.201. The first kappa shape index (κ1) is 12.4. The number of hydrogen-bond acceptors (Lipinski definition) is 4. The van der Waals surface area contributed by atoms with Crippen molar-refractivity contribution in [1.82, 2.24) is 4.90 Å². The van der Waals surface area contributed by atoms with Crippen molar-refractivity contribution in [2.75, 3.05) is 13.1 Å². The van der Waals surface area contributed by atoms with Gasteiger partial charge in [0.25, 0.3) is 0 Å². The molecule has 5 heteroatoms. The van der Waals surface area contributed by atoms with Crippen LogP contribution in [-0.4, -0.2) is 41.1 Å². The number of ether oxygens (including phenoxy) is 1. The Kier molecular flexibility index (Phi) is 4.47. The summed E-state index contributed by atoms with van der Waals surface area (Å²) in [4.78, 5) is 13.9. The minimum Gasteiger partial charge on any atom is -0.462 e. The first-order valence-corrected chi connectivity index (χ1v) is 5.64. The number of hydrogen-bond donors (Lipinski definition) is 1. The number of likely N-dealkylation sites (tertiary alicyclic amines) is 1. The van der Waals surface area contributed by atoms with E-state index in [-0.39, 0.29) is 18.1 Å². The zero-order valence-corrected chi connectivity index (χ0v) is 10.0. The summed E-state index contributed by atoms with van der Waals surface area (Å²) >= 11 is 4.96. The molecule has 0 spiro atoms. The van der Waals surface area contributed by atoms with Crippen molar-refractivity contribution in [1.29, 1.82) is 0 Å². The second-order valence-corrected chi connectivity index (χ2v) is 4.54. The SMILES string of the molecule is CC(C)OC(=O)CN1CCCC1C(N)=S. The highest BCUT2D eigenvalue weighted by molar-refractivity contribution is 7.80. The third-order valence-corrected chi connectivity index (χ3v) is 2.66. The molecule has 0 aliphatic carbocycles. The van der Waals surface area contributed by atoms with Crippen molar-refractivity contribution in [3.05, 3.63) is 0 Å². The smallest absolute Gasteiger partial charge is 0.320 e. The quantitative estimate of drug-likeness (QED) is 0.569. The Morgan fingerprint density at radius 2 is 2.33 bits per heavy atom. The van der Waals surface area contributed by atoms with Crippen molar-refractivity contribution in [2.45, 2.75) is 38.8 Å². The summed E-state index contributed by atoms with van der Waals surface area (Å²) in [6, 6.07) is 0.0692. The van der Waals surface area contributed by atoms with E-state index in [0.29, 0.717) is 11.5 Å². The molecule has 0 saturated carbocycles. The molecular formula is C10H18N2O2S. The maximum absolute atomic E-state index is 11.4. The van der Waals surface area contributed by atoms with E-state index >= 15 is 0 Å². The van der Waals surface area contributed by atoms with Gasteiger partial charge in [-0.25, -0.2) is 0 Å². The molecule has 0 aromatic rings. The maximum atomic E-state index is 11.4. The van der Waals surface area contributed by atoms with Gasteiger partial charge in [0, 0.05) is 0 Å². The molecule has 0 amide bonds. The molecule has 1 fully saturated rings. The third kappa shape index (κ3) is 3.76. The summed E-state index contributed by atoms with van der Waals surface area (Å²) in [5.41, 5.74) is 5.60. The second-order valence-electron chi connectivity index (χ2n) is 4.07. The predicted octanol–water partition coefficient (Wildman–Crippen LogP) is 0.689. The molecule has 0 bridgehead atoms. The van der Waals surface area contributed by atoms with Crippen molar-refractivity contribution < 1.29 is 9.53 Å². The van der Waals surface area contributed by atoms with E-state index in [0.717, 1.165) is 19.4 Å². The van der Waals surface area contributed by atoms with E-state index in [9.17, 15) is 4.79 Å². The average Bonchev–Trinajstić information content (AvgIpc) is 2.50. The molecule has 86 valence electrons.